The molecule has 1 aromatic carbocycles. The first kappa shape index (κ1) is 16.3. The van der Waals surface area contributed by atoms with Crippen LogP contribution in [0.5, 0.6) is 5.88 Å². The second-order valence-electron chi connectivity index (χ2n) is 4.97. The zero-order valence-electron chi connectivity index (χ0n) is 12.1. The van der Waals surface area contributed by atoms with Crippen LogP contribution in [0.2, 0.25) is 5.02 Å². The normalized spacial score (nSPS) is 10.9. The lowest BCUT2D eigenvalue weighted by Gasteiger charge is -2.13. The third-order valence-corrected chi connectivity index (χ3v) is 3.70. The maximum atomic E-state index is 6.18. The van der Waals surface area contributed by atoms with Crippen molar-refractivity contribution in [1.29, 1.82) is 0 Å². The molecule has 1 aromatic heterocycles. The van der Waals surface area contributed by atoms with Crippen LogP contribution in [0.15, 0.2) is 41.0 Å². The highest BCUT2D eigenvalue weighted by molar-refractivity contribution is 9.10. The van der Waals surface area contributed by atoms with E-state index < -0.39 is 0 Å². The quantitative estimate of drug-likeness (QED) is 0.809. The van der Waals surface area contributed by atoms with E-state index in [1.54, 1.807) is 6.20 Å². The van der Waals surface area contributed by atoms with Gasteiger partial charge in [-0.25, -0.2) is 4.98 Å². The van der Waals surface area contributed by atoms with Gasteiger partial charge in [-0.15, -0.1) is 0 Å². The Morgan fingerprint density at radius 3 is 2.76 bits per heavy atom. The number of hydrogen-bond acceptors (Lipinski definition) is 3. The summed E-state index contributed by atoms with van der Waals surface area (Å²) in [6.07, 6.45) is 1.85. The zero-order valence-corrected chi connectivity index (χ0v) is 14.4. The summed E-state index contributed by atoms with van der Waals surface area (Å²) in [6, 6.07) is 9.77. The topological polar surface area (TPSA) is 34.1 Å². The number of nitrogens with one attached hydrogen (secondary N) is 1. The van der Waals surface area contributed by atoms with Gasteiger partial charge in [-0.2, -0.15) is 0 Å². The summed E-state index contributed by atoms with van der Waals surface area (Å²) in [5.41, 5.74) is 2.10. The van der Waals surface area contributed by atoms with Gasteiger partial charge in [0.05, 0.1) is 6.10 Å². The van der Waals surface area contributed by atoms with Crippen LogP contribution in [0.3, 0.4) is 0 Å². The van der Waals surface area contributed by atoms with Gasteiger partial charge in [-0.1, -0.05) is 33.6 Å². The summed E-state index contributed by atoms with van der Waals surface area (Å²) in [5, 5.41) is 4.13. The van der Waals surface area contributed by atoms with Crippen molar-refractivity contribution in [3.63, 3.8) is 0 Å². The molecule has 3 nitrogen and oxygen atoms in total. The Bertz CT molecular complexity index is 605. The number of hydrogen-bond donors (Lipinski definition) is 1. The lowest BCUT2D eigenvalue weighted by Crippen LogP contribution is -2.16. The van der Waals surface area contributed by atoms with Crippen LogP contribution in [0, 0.1) is 0 Å². The Morgan fingerprint density at radius 1 is 1.24 bits per heavy atom. The number of benzene rings is 1. The van der Waals surface area contributed by atoms with Crippen LogP contribution >= 0.6 is 27.5 Å². The van der Waals surface area contributed by atoms with E-state index in [-0.39, 0.29) is 6.10 Å². The monoisotopic (exact) mass is 368 g/mol. The molecular formula is C16H18BrClN2O. The first-order chi connectivity index (χ1) is 10.1. The molecule has 0 fully saturated rings. The molecule has 2 rings (SSSR count). The molecule has 0 unspecified atom stereocenters. The molecule has 1 N–H and O–H groups in total. The van der Waals surface area contributed by atoms with Crippen molar-refractivity contribution < 1.29 is 4.74 Å². The van der Waals surface area contributed by atoms with Gasteiger partial charge >= 0.3 is 0 Å². The van der Waals surface area contributed by atoms with Crippen molar-refractivity contribution in [2.45, 2.75) is 33.0 Å². The molecule has 0 amide bonds. The van der Waals surface area contributed by atoms with Crippen molar-refractivity contribution in [2.75, 3.05) is 0 Å². The lowest BCUT2D eigenvalue weighted by molar-refractivity contribution is 0.229. The van der Waals surface area contributed by atoms with Gasteiger partial charge in [0.2, 0.25) is 5.88 Å². The number of pyridine rings is 1. The summed E-state index contributed by atoms with van der Waals surface area (Å²) in [4.78, 5) is 4.28. The van der Waals surface area contributed by atoms with E-state index in [0.29, 0.717) is 19.0 Å². The molecule has 0 bridgehead atoms. The molecule has 0 radical (unpaired) electrons. The van der Waals surface area contributed by atoms with Gasteiger partial charge in [-0.05, 0) is 43.7 Å². The first-order valence-electron chi connectivity index (χ1n) is 6.81. The third kappa shape index (κ3) is 4.99. The molecule has 5 heteroatoms. The average molecular weight is 370 g/mol. The molecule has 0 aliphatic heterocycles. The second-order valence-corrected chi connectivity index (χ2v) is 6.30. The largest absolute Gasteiger partial charge is 0.475 e. The summed E-state index contributed by atoms with van der Waals surface area (Å²) in [6.45, 7) is 5.35. The number of ether oxygens (including phenoxy) is 1. The van der Waals surface area contributed by atoms with Crippen molar-refractivity contribution in [1.82, 2.24) is 10.3 Å². The Hall–Kier alpha value is -1.10. The summed E-state index contributed by atoms with van der Waals surface area (Å²) >= 11 is 9.64. The van der Waals surface area contributed by atoms with Gasteiger partial charge < -0.3 is 10.1 Å². The van der Waals surface area contributed by atoms with E-state index in [1.165, 1.54) is 0 Å². The van der Waals surface area contributed by atoms with Crippen molar-refractivity contribution in [2.24, 2.45) is 0 Å². The molecule has 0 aliphatic rings. The molecule has 0 spiro atoms. The molecular weight excluding hydrogens is 352 g/mol. The molecule has 0 atom stereocenters. The minimum absolute atomic E-state index is 0.109. The van der Waals surface area contributed by atoms with Gasteiger partial charge in [0, 0.05) is 34.3 Å². The Kier molecular flexibility index (Phi) is 6.03. The fourth-order valence-electron chi connectivity index (χ4n) is 1.90. The Morgan fingerprint density at radius 2 is 2.00 bits per heavy atom. The van der Waals surface area contributed by atoms with E-state index in [1.807, 2.05) is 44.2 Å². The van der Waals surface area contributed by atoms with Gasteiger partial charge in [0.25, 0.3) is 0 Å². The van der Waals surface area contributed by atoms with Crippen molar-refractivity contribution in [3.8, 4) is 5.88 Å². The number of rotatable bonds is 6. The summed E-state index contributed by atoms with van der Waals surface area (Å²) in [5.74, 6) is 0.681. The SMILES string of the molecule is CC(C)Oc1ncccc1CNCc1cc(Br)ccc1Cl. The van der Waals surface area contributed by atoms with Crippen LogP contribution in [0.25, 0.3) is 0 Å². The highest BCUT2D eigenvalue weighted by Gasteiger charge is 2.07. The van der Waals surface area contributed by atoms with E-state index in [9.17, 15) is 0 Å². The van der Waals surface area contributed by atoms with Crippen LogP contribution in [-0.2, 0) is 13.1 Å². The van der Waals surface area contributed by atoms with Gasteiger partial charge in [0.1, 0.15) is 0 Å². The maximum Gasteiger partial charge on any atom is 0.218 e. The predicted octanol–water partition coefficient (Wildman–Crippen LogP) is 4.57. The maximum absolute atomic E-state index is 6.18. The average Bonchev–Trinajstić information content (AvgIpc) is 2.44. The predicted molar refractivity (Wildman–Crippen MR) is 89.7 cm³/mol. The number of nitrogens with zero attached hydrogens (tertiary/aromatic N) is 1. The minimum atomic E-state index is 0.109. The fraction of sp³-hybridized carbons (Fsp3) is 0.312. The highest BCUT2D eigenvalue weighted by Crippen LogP contribution is 2.21. The lowest BCUT2D eigenvalue weighted by atomic mass is 10.2. The highest BCUT2D eigenvalue weighted by atomic mass is 79.9. The molecule has 1 heterocycles. The standard InChI is InChI=1S/C16H18BrClN2O/c1-11(2)21-16-12(4-3-7-20-16)9-19-10-13-8-14(17)5-6-15(13)18/h3-8,11,19H,9-10H2,1-2H3. The fourth-order valence-corrected chi connectivity index (χ4v) is 2.49. The number of halogens is 2. The molecule has 0 saturated heterocycles. The molecule has 0 saturated carbocycles. The van der Waals surface area contributed by atoms with Crippen LogP contribution in [-0.4, -0.2) is 11.1 Å². The first-order valence-corrected chi connectivity index (χ1v) is 7.98. The van der Waals surface area contributed by atoms with E-state index in [0.717, 1.165) is 20.6 Å². The van der Waals surface area contributed by atoms with Gasteiger partial charge in [-0.3, -0.25) is 0 Å². The van der Waals surface area contributed by atoms with E-state index >= 15 is 0 Å². The van der Waals surface area contributed by atoms with Crippen LogP contribution in [0.4, 0.5) is 0 Å². The van der Waals surface area contributed by atoms with Gasteiger partial charge in [0.15, 0.2) is 0 Å². The summed E-state index contributed by atoms with van der Waals surface area (Å²) < 4.78 is 6.73. The second kappa shape index (κ2) is 7.78. The van der Waals surface area contributed by atoms with E-state index in [4.69, 9.17) is 16.3 Å². The Labute approximate surface area is 138 Å². The van der Waals surface area contributed by atoms with E-state index in [2.05, 4.69) is 26.2 Å². The smallest absolute Gasteiger partial charge is 0.218 e. The molecule has 112 valence electrons. The zero-order chi connectivity index (χ0) is 15.2. The summed E-state index contributed by atoms with van der Waals surface area (Å²) in [7, 11) is 0. The molecule has 0 aliphatic carbocycles. The van der Waals surface area contributed by atoms with Crippen LogP contribution < -0.4 is 10.1 Å². The van der Waals surface area contributed by atoms with Crippen LogP contribution in [0.1, 0.15) is 25.0 Å². The molecule has 2 aromatic rings. The Balaban J connectivity index is 1.99. The van der Waals surface area contributed by atoms with Crippen molar-refractivity contribution >= 4 is 27.5 Å². The van der Waals surface area contributed by atoms with Crippen molar-refractivity contribution in [3.05, 3.63) is 57.2 Å². The molecule has 21 heavy (non-hydrogen) atoms. The minimum Gasteiger partial charge on any atom is -0.475 e. The number of aromatic nitrogens is 1. The third-order valence-electron chi connectivity index (χ3n) is 2.84.